The van der Waals surface area contributed by atoms with Gasteiger partial charge in [-0.3, -0.25) is 0 Å². The molecule has 0 spiro atoms. The van der Waals surface area contributed by atoms with Crippen LogP contribution in [0.2, 0.25) is 0 Å². The van der Waals surface area contributed by atoms with Crippen molar-refractivity contribution in [2.24, 2.45) is 0 Å². The normalized spacial score (nSPS) is 16.6. The van der Waals surface area contributed by atoms with Gasteiger partial charge in [0.15, 0.2) is 5.82 Å². The van der Waals surface area contributed by atoms with Gasteiger partial charge in [0, 0.05) is 19.6 Å². The summed E-state index contributed by atoms with van der Waals surface area (Å²) in [5.41, 5.74) is 0. The summed E-state index contributed by atoms with van der Waals surface area (Å²) in [7, 11) is 0.802. The van der Waals surface area contributed by atoms with Gasteiger partial charge in [-0.25, -0.2) is 8.42 Å². The number of sulfonamides is 1. The van der Waals surface area contributed by atoms with Gasteiger partial charge < -0.3 is 14.2 Å². The predicted octanol–water partition coefficient (Wildman–Crippen LogP) is -0.868. The van der Waals surface area contributed by atoms with Gasteiger partial charge in [-0.05, 0) is 14.1 Å². The third-order valence-electron chi connectivity index (χ3n) is 3.18. The minimum Gasteiger partial charge on any atom is -0.372 e. The van der Waals surface area contributed by atoms with Gasteiger partial charge in [0.1, 0.15) is 12.4 Å². The van der Waals surface area contributed by atoms with Crippen LogP contribution >= 0.6 is 0 Å². The van der Waals surface area contributed by atoms with Crippen molar-refractivity contribution in [1.82, 2.24) is 24.0 Å². The fourth-order valence-corrected chi connectivity index (χ4v) is 2.76. The Kier molecular flexibility index (Phi) is 4.74. The number of likely N-dealkylation sites (N-methyl/N-ethyl adjacent to an activating group) is 1. The van der Waals surface area contributed by atoms with Gasteiger partial charge >= 0.3 is 0 Å². The van der Waals surface area contributed by atoms with Crippen molar-refractivity contribution in [3.63, 3.8) is 0 Å². The molecule has 0 radical (unpaired) electrons. The Morgan fingerprint density at radius 1 is 1.30 bits per heavy atom. The summed E-state index contributed by atoms with van der Waals surface area (Å²) in [6.45, 7) is 3.19. The standard InChI is InChI=1S/C11H21N5O3S/c1-14(2)6-7-19-9-11-13-12-10-8-15(20(3,17)18)4-5-16(10)11/h4-9H2,1-3H3. The fraction of sp³-hybridized carbons (Fsp3) is 0.818. The maximum Gasteiger partial charge on any atom is 0.211 e. The molecule has 0 fully saturated rings. The molecule has 0 amide bonds. The Morgan fingerprint density at radius 3 is 2.70 bits per heavy atom. The van der Waals surface area contributed by atoms with Crippen LogP contribution in [0, 0.1) is 0 Å². The summed E-state index contributed by atoms with van der Waals surface area (Å²) in [4.78, 5) is 2.04. The first-order valence-corrected chi connectivity index (χ1v) is 8.31. The fourth-order valence-electron chi connectivity index (χ4n) is 2.00. The van der Waals surface area contributed by atoms with Gasteiger partial charge in [0.25, 0.3) is 0 Å². The van der Waals surface area contributed by atoms with E-state index in [0.29, 0.717) is 32.1 Å². The first kappa shape index (κ1) is 15.4. The largest absolute Gasteiger partial charge is 0.372 e. The Bertz CT molecular complexity index is 554. The van der Waals surface area contributed by atoms with E-state index in [1.807, 2.05) is 23.6 Å². The van der Waals surface area contributed by atoms with Crippen LogP contribution in [-0.4, -0.2) is 72.4 Å². The Hall–Kier alpha value is -1.03. The lowest BCUT2D eigenvalue weighted by Gasteiger charge is -2.25. The van der Waals surface area contributed by atoms with E-state index in [0.717, 1.165) is 12.4 Å². The molecular formula is C11H21N5O3S. The van der Waals surface area contributed by atoms with Crippen molar-refractivity contribution < 1.29 is 13.2 Å². The highest BCUT2D eigenvalue weighted by Crippen LogP contribution is 2.15. The molecule has 0 aliphatic carbocycles. The second kappa shape index (κ2) is 6.17. The zero-order valence-corrected chi connectivity index (χ0v) is 12.9. The summed E-state index contributed by atoms with van der Waals surface area (Å²) in [6, 6.07) is 0. The molecule has 0 saturated heterocycles. The zero-order valence-electron chi connectivity index (χ0n) is 12.1. The second-order valence-electron chi connectivity index (χ2n) is 5.14. The Morgan fingerprint density at radius 2 is 2.05 bits per heavy atom. The van der Waals surface area contributed by atoms with Crippen LogP contribution in [0.1, 0.15) is 11.6 Å². The lowest BCUT2D eigenvalue weighted by atomic mass is 10.4. The quantitative estimate of drug-likeness (QED) is 0.636. The molecule has 2 rings (SSSR count). The van der Waals surface area contributed by atoms with Crippen LogP contribution in [0.25, 0.3) is 0 Å². The molecule has 1 aromatic rings. The van der Waals surface area contributed by atoms with E-state index in [4.69, 9.17) is 4.74 Å². The highest BCUT2D eigenvalue weighted by molar-refractivity contribution is 7.88. The number of ether oxygens (including phenoxy) is 1. The molecule has 0 aromatic carbocycles. The number of hydrogen-bond donors (Lipinski definition) is 0. The van der Waals surface area contributed by atoms with Crippen LogP contribution in [0.15, 0.2) is 0 Å². The predicted molar refractivity (Wildman–Crippen MR) is 73.5 cm³/mol. The van der Waals surface area contributed by atoms with E-state index in [-0.39, 0.29) is 6.54 Å². The number of rotatable bonds is 6. The average molecular weight is 303 g/mol. The lowest BCUT2D eigenvalue weighted by Crippen LogP contribution is -2.38. The van der Waals surface area contributed by atoms with Gasteiger partial charge in [0.2, 0.25) is 10.0 Å². The molecule has 1 aliphatic rings. The first-order valence-electron chi connectivity index (χ1n) is 6.46. The number of hydrogen-bond acceptors (Lipinski definition) is 6. The first-order chi connectivity index (χ1) is 9.38. The highest BCUT2D eigenvalue weighted by Gasteiger charge is 2.26. The van der Waals surface area contributed by atoms with Gasteiger partial charge in [-0.15, -0.1) is 10.2 Å². The van der Waals surface area contributed by atoms with E-state index in [2.05, 4.69) is 10.2 Å². The second-order valence-corrected chi connectivity index (χ2v) is 7.12. The van der Waals surface area contributed by atoms with Gasteiger partial charge in [-0.2, -0.15) is 4.31 Å². The minimum atomic E-state index is -3.17. The van der Waals surface area contributed by atoms with E-state index < -0.39 is 10.0 Å². The molecule has 114 valence electrons. The molecule has 0 N–H and O–H groups in total. The monoisotopic (exact) mass is 303 g/mol. The molecule has 1 aromatic heterocycles. The van der Waals surface area contributed by atoms with Crippen LogP contribution in [-0.2, 0) is 34.5 Å². The van der Waals surface area contributed by atoms with Crippen LogP contribution in [0.3, 0.4) is 0 Å². The Balaban J connectivity index is 1.95. The number of aromatic nitrogens is 3. The van der Waals surface area contributed by atoms with Gasteiger partial charge in [-0.1, -0.05) is 0 Å². The van der Waals surface area contributed by atoms with Crippen LogP contribution in [0.4, 0.5) is 0 Å². The van der Waals surface area contributed by atoms with Crippen molar-refractivity contribution in [1.29, 1.82) is 0 Å². The third kappa shape index (κ3) is 3.75. The molecule has 20 heavy (non-hydrogen) atoms. The molecule has 1 aliphatic heterocycles. The summed E-state index contributed by atoms with van der Waals surface area (Å²) < 4.78 is 31.9. The van der Waals surface area contributed by atoms with Crippen molar-refractivity contribution in [3.05, 3.63) is 11.6 Å². The lowest BCUT2D eigenvalue weighted by molar-refractivity contribution is 0.0973. The zero-order chi connectivity index (χ0) is 14.8. The summed E-state index contributed by atoms with van der Waals surface area (Å²) >= 11 is 0. The summed E-state index contributed by atoms with van der Waals surface area (Å²) in [5.74, 6) is 1.43. The molecule has 8 nitrogen and oxygen atoms in total. The average Bonchev–Trinajstić information content (AvgIpc) is 2.76. The smallest absolute Gasteiger partial charge is 0.211 e. The number of fused-ring (bicyclic) bond motifs is 1. The molecule has 2 heterocycles. The van der Waals surface area contributed by atoms with E-state index in [1.54, 1.807) is 0 Å². The summed E-state index contributed by atoms with van der Waals surface area (Å²) in [6.07, 6.45) is 1.21. The SMILES string of the molecule is CN(C)CCOCc1nnc2n1CCN(S(C)(=O)=O)C2. The molecular weight excluding hydrogens is 282 g/mol. The molecule has 0 saturated carbocycles. The van der Waals surface area contributed by atoms with Crippen molar-refractivity contribution in [3.8, 4) is 0 Å². The van der Waals surface area contributed by atoms with Gasteiger partial charge in [0.05, 0.1) is 19.4 Å². The van der Waals surface area contributed by atoms with E-state index in [9.17, 15) is 8.42 Å². The number of nitrogens with zero attached hydrogens (tertiary/aromatic N) is 5. The molecule has 0 bridgehead atoms. The Labute approximate surface area is 119 Å². The molecule has 0 atom stereocenters. The third-order valence-corrected chi connectivity index (χ3v) is 4.43. The van der Waals surface area contributed by atoms with Crippen molar-refractivity contribution in [2.75, 3.05) is 40.0 Å². The van der Waals surface area contributed by atoms with Crippen LogP contribution < -0.4 is 0 Å². The molecule has 9 heteroatoms. The van der Waals surface area contributed by atoms with Crippen molar-refractivity contribution in [2.45, 2.75) is 19.7 Å². The molecule has 0 unspecified atom stereocenters. The topological polar surface area (TPSA) is 80.6 Å². The van der Waals surface area contributed by atoms with E-state index >= 15 is 0 Å². The van der Waals surface area contributed by atoms with Crippen LogP contribution in [0.5, 0.6) is 0 Å². The summed E-state index contributed by atoms with van der Waals surface area (Å²) in [5, 5.41) is 8.13. The van der Waals surface area contributed by atoms with E-state index in [1.165, 1.54) is 10.6 Å². The minimum absolute atomic E-state index is 0.281. The maximum atomic E-state index is 11.5. The van der Waals surface area contributed by atoms with Crippen molar-refractivity contribution >= 4 is 10.0 Å². The highest BCUT2D eigenvalue weighted by atomic mass is 32.2. The maximum absolute atomic E-state index is 11.5.